The topological polar surface area (TPSA) is 17.8 Å². The second-order valence-electron chi connectivity index (χ2n) is 2.03. The van der Waals surface area contributed by atoms with Gasteiger partial charge in [-0.1, -0.05) is 6.08 Å². The van der Waals surface area contributed by atoms with Gasteiger partial charge in [0.2, 0.25) is 0 Å². The van der Waals surface area contributed by atoms with Crippen LogP contribution in [0.15, 0.2) is 17.0 Å². The van der Waals surface area contributed by atoms with Crippen molar-refractivity contribution >= 4 is 22.0 Å². The minimum Gasteiger partial charge on any atom is -0.333 e. The summed E-state index contributed by atoms with van der Waals surface area (Å²) in [5.41, 5.74) is 1.10. The van der Waals surface area contributed by atoms with Crippen molar-refractivity contribution in [3.8, 4) is 0 Å². The van der Waals surface area contributed by atoms with Crippen LogP contribution in [0.5, 0.6) is 0 Å². The lowest BCUT2D eigenvalue weighted by molar-refractivity contribution is 0.901. The van der Waals surface area contributed by atoms with E-state index >= 15 is 0 Å². The van der Waals surface area contributed by atoms with Gasteiger partial charge in [-0.15, -0.1) is 0 Å². The molecule has 0 aliphatic heterocycles. The molecule has 0 atom stereocenters. The first-order chi connectivity index (χ1) is 4.75. The van der Waals surface area contributed by atoms with Crippen molar-refractivity contribution in [1.82, 2.24) is 9.55 Å². The molecule has 0 N–H and O–H groups in total. The number of imidazole rings is 1. The molecule has 1 aromatic heterocycles. The van der Waals surface area contributed by atoms with Crippen LogP contribution in [0.2, 0.25) is 0 Å². The van der Waals surface area contributed by atoms with Gasteiger partial charge in [-0.3, -0.25) is 0 Å². The first-order valence-electron chi connectivity index (χ1n) is 3.05. The number of aromatic nitrogens is 2. The first kappa shape index (κ1) is 7.54. The molecule has 0 unspecified atom stereocenters. The van der Waals surface area contributed by atoms with Gasteiger partial charge in [0.25, 0.3) is 0 Å². The largest absolute Gasteiger partial charge is 0.333 e. The predicted molar refractivity (Wildman–Crippen MR) is 45.6 cm³/mol. The molecule has 0 aromatic carbocycles. The lowest BCUT2D eigenvalue weighted by Crippen LogP contribution is -1.87. The first-order valence-corrected chi connectivity index (χ1v) is 3.84. The fourth-order valence-electron chi connectivity index (χ4n) is 0.755. The van der Waals surface area contributed by atoms with Gasteiger partial charge in [0.15, 0.2) is 0 Å². The molecule has 1 aromatic rings. The molecule has 0 spiro atoms. The highest BCUT2D eigenvalue weighted by atomic mass is 79.9. The van der Waals surface area contributed by atoms with Gasteiger partial charge in [-0.2, -0.15) is 0 Å². The molecular formula is C7H9BrN2. The van der Waals surface area contributed by atoms with E-state index in [1.807, 2.05) is 30.7 Å². The van der Waals surface area contributed by atoms with Crippen molar-refractivity contribution < 1.29 is 0 Å². The fraction of sp³-hybridized carbons (Fsp3) is 0.286. The summed E-state index contributed by atoms with van der Waals surface area (Å²) in [7, 11) is 1.97. The second kappa shape index (κ2) is 3.01. The quantitative estimate of drug-likeness (QED) is 0.681. The minimum atomic E-state index is 0.896. The predicted octanol–water partition coefficient (Wildman–Crippen LogP) is 2.22. The molecule has 0 bridgehead atoms. The van der Waals surface area contributed by atoms with E-state index in [0.29, 0.717) is 0 Å². The fourth-order valence-corrected chi connectivity index (χ4v) is 1.26. The third kappa shape index (κ3) is 1.29. The van der Waals surface area contributed by atoms with Crippen LogP contribution in [0, 0.1) is 0 Å². The summed E-state index contributed by atoms with van der Waals surface area (Å²) in [5.74, 6) is 0. The Labute approximate surface area is 68.7 Å². The van der Waals surface area contributed by atoms with Gasteiger partial charge >= 0.3 is 0 Å². The Kier molecular flexibility index (Phi) is 2.27. The average Bonchev–Trinajstić information content (AvgIpc) is 2.20. The Balaban J connectivity index is 3.10. The lowest BCUT2D eigenvalue weighted by Gasteiger charge is -1.92. The van der Waals surface area contributed by atoms with Crippen LogP contribution in [-0.2, 0) is 7.05 Å². The van der Waals surface area contributed by atoms with Crippen LogP contribution in [0.25, 0.3) is 6.08 Å². The Hall–Kier alpha value is -0.570. The van der Waals surface area contributed by atoms with E-state index in [4.69, 9.17) is 0 Å². The van der Waals surface area contributed by atoms with E-state index in [1.54, 1.807) is 6.33 Å². The summed E-state index contributed by atoms with van der Waals surface area (Å²) in [4.78, 5) is 4.06. The highest BCUT2D eigenvalue weighted by molar-refractivity contribution is 9.10. The van der Waals surface area contributed by atoms with Gasteiger partial charge in [-0.25, -0.2) is 4.98 Å². The smallest absolute Gasteiger partial charge is 0.131 e. The number of nitrogens with zero attached hydrogens (tertiary/aromatic N) is 2. The summed E-state index contributed by atoms with van der Waals surface area (Å²) in [6.07, 6.45) is 5.78. The maximum atomic E-state index is 4.06. The zero-order valence-electron chi connectivity index (χ0n) is 6.00. The van der Waals surface area contributed by atoms with Crippen molar-refractivity contribution in [1.29, 1.82) is 0 Å². The highest BCUT2D eigenvalue weighted by Crippen LogP contribution is 2.14. The second-order valence-corrected chi connectivity index (χ2v) is 2.78. The number of aryl methyl sites for hydroxylation is 1. The third-order valence-electron chi connectivity index (χ3n) is 1.26. The van der Waals surface area contributed by atoms with Gasteiger partial charge < -0.3 is 4.57 Å². The molecule has 0 saturated carbocycles. The van der Waals surface area contributed by atoms with Crippen LogP contribution in [0.1, 0.15) is 12.6 Å². The Morgan fingerprint density at radius 1 is 1.70 bits per heavy atom. The van der Waals surface area contributed by atoms with Gasteiger partial charge in [0, 0.05) is 7.05 Å². The molecule has 0 aliphatic rings. The molecule has 0 radical (unpaired) electrons. The Bertz CT molecular complexity index is 231. The van der Waals surface area contributed by atoms with Crippen LogP contribution in [0.4, 0.5) is 0 Å². The monoisotopic (exact) mass is 200 g/mol. The summed E-state index contributed by atoms with van der Waals surface area (Å²) in [6, 6.07) is 0. The third-order valence-corrected chi connectivity index (χ3v) is 1.87. The van der Waals surface area contributed by atoms with Gasteiger partial charge in [0.05, 0.1) is 12.0 Å². The normalized spacial score (nSPS) is 11.1. The molecule has 2 nitrogen and oxygen atoms in total. The molecule has 0 amide bonds. The number of hydrogen-bond donors (Lipinski definition) is 0. The molecule has 1 rings (SSSR count). The Morgan fingerprint density at radius 3 is 2.80 bits per heavy atom. The maximum absolute atomic E-state index is 4.06. The van der Waals surface area contributed by atoms with E-state index in [9.17, 15) is 0 Å². The SMILES string of the molecule is C/C=C\c1c(Br)ncn1C. The number of allylic oxidation sites excluding steroid dienone is 1. The van der Waals surface area contributed by atoms with Crippen molar-refractivity contribution in [2.24, 2.45) is 7.05 Å². The number of rotatable bonds is 1. The summed E-state index contributed by atoms with van der Waals surface area (Å²) in [5, 5.41) is 0. The van der Waals surface area contributed by atoms with Crippen molar-refractivity contribution in [3.63, 3.8) is 0 Å². The van der Waals surface area contributed by atoms with E-state index in [0.717, 1.165) is 10.3 Å². The van der Waals surface area contributed by atoms with Gasteiger partial charge in [-0.05, 0) is 28.9 Å². The maximum Gasteiger partial charge on any atom is 0.131 e. The van der Waals surface area contributed by atoms with E-state index in [-0.39, 0.29) is 0 Å². The minimum absolute atomic E-state index is 0.896. The number of halogens is 1. The van der Waals surface area contributed by atoms with Crippen molar-refractivity contribution in [3.05, 3.63) is 22.7 Å². The molecule has 0 saturated heterocycles. The standard InChI is InChI=1S/C7H9BrN2/c1-3-4-6-7(8)9-5-10(6)2/h3-5H,1-2H3/b4-3-. The van der Waals surface area contributed by atoms with Crippen LogP contribution in [-0.4, -0.2) is 9.55 Å². The van der Waals surface area contributed by atoms with E-state index in [1.165, 1.54) is 0 Å². The molecule has 10 heavy (non-hydrogen) atoms. The van der Waals surface area contributed by atoms with Gasteiger partial charge in [0.1, 0.15) is 4.60 Å². The molecule has 0 fully saturated rings. The molecule has 1 heterocycles. The lowest BCUT2D eigenvalue weighted by atomic mass is 10.4. The molecule has 0 aliphatic carbocycles. The van der Waals surface area contributed by atoms with Crippen LogP contribution < -0.4 is 0 Å². The van der Waals surface area contributed by atoms with E-state index in [2.05, 4.69) is 20.9 Å². The zero-order chi connectivity index (χ0) is 7.56. The molecule has 3 heteroatoms. The summed E-state index contributed by atoms with van der Waals surface area (Å²) >= 11 is 3.33. The molecule has 54 valence electrons. The summed E-state index contributed by atoms with van der Waals surface area (Å²) < 4.78 is 2.86. The summed E-state index contributed by atoms with van der Waals surface area (Å²) in [6.45, 7) is 1.99. The average molecular weight is 201 g/mol. The van der Waals surface area contributed by atoms with Crippen molar-refractivity contribution in [2.75, 3.05) is 0 Å². The zero-order valence-corrected chi connectivity index (χ0v) is 7.59. The van der Waals surface area contributed by atoms with Crippen LogP contribution in [0.3, 0.4) is 0 Å². The van der Waals surface area contributed by atoms with Crippen molar-refractivity contribution in [2.45, 2.75) is 6.92 Å². The highest BCUT2D eigenvalue weighted by Gasteiger charge is 1.99. The Morgan fingerprint density at radius 2 is 2.40 bits per heavy atom. The number of hydrogen-bond acceptors (Lipinski definition) is 1. The van der Waals surface area contributed by atoms with E-state index < -0.39 is 0 Å². The van der Waals surface area contributed by atoms with Crippen LogP contribution >= 0.6 is 15.9 Å². The molecular weight excluding hydrogens is 192 g/mol.